The van der Waals surface area contributed by atoms with Gasteiger partial charge in [-0.1, -0.05) is 42.8 Å². The van der Waals surface area contributed by atoms with E-state index in [0.29, 0.717) is 41.0 Å². The van der Waals surface area contributed by atoms with Gasteiger partial charge in [0.2, 0.25) is 5.72 Å². The minimum absolute atomic E-state index is 0.0684. The summed E-state index contributed by atoms with van der Waals surface area (Å²) >= 11 is 6.27. The molecule has 3 aromatic carbocycles. The van der Waals surface area contributed by atoms with Crippen LogP contribution >= 0.6 is 11.6 Å². The monoisotopic (exact) mass is 617 g/mol. The van der Waals surface area contributed by atoms with E-state index in [4.69, 9.17) is 16.3 Å². The highest BCUT2D eigenvalue weighted by Gasteiger charge is 2.57. The number of amides is 1. The van der Waals surface area contributed by atoms with Crippen molar-refractivity contribution in [3.8, 4) is 6.07 Å². The molecule has 1 aliphatic carbocycles. The average Bonchev–Trinajstić information content (AvgIpc) is 3.24. The molecule has 2 unspecified atom stereocenters. The molecule has 2 N–H and O–H groups in total. The van der Waals surface area contributed by atoms with Crippen molar-refractivity contribution in [2.24, 2.45) is 5.92 Å². The van der Waals surface area contributed by atoms with Gasteiger partial charge >= 0.3 is 0 Å². The van der Waals surface area contributed by atoms with Crippen molar-refractivity contribution in [2.75, 3.05) is 20.1 Å². The van der Waals surface area contributed by atoms with E-state index in [9.17, 15) is 20.3 Å². The number of nitriles is 1. The van der Waals surface area contributed by atoms with Crippen molar-refractivity contribution < 1.29 is 24.1 Å². The number of hydrogen-bond acceptors (Lipinski definition) is 6. The number of fused-ring (bicyclic) bond motifs is 1. The first-order chi connectivity index (χ1) is 21.1. The van der Waals surface area contributed by atoms with Crippen molar-refractivity contribution >= 4 is 17.5 Å². The minimum atomic E-state index is -1.66. The van der Waals surface area contributed by atoms with Crippen LogP contribution in [0.1, 0.15) is 77.2 Å². The normalized spacial score (nSPS) is 25.3. The molecule has 44 heavy (non-hydrogen) atoms. The highest BCUT2D eigenvalue weighted by molar-refractivity contribution is 6.30. The molecule has 1 amide bonds. The van der Waals surface area contributed by atoms with Crippen molar-refractivity contribution in [1.29, 1.82) is 5.26 Å². The molecule has 0 spiro atoms. The van der Waals surface area contributed by atoms with Gasteiger partial charge in [0.15, 0.2) is 0 Å². The molecule has 3 aromatic rings. The molecule has 0 bridgehead atoms. The maximum absolute atomic E-state index is 16.9. The molecule has 2 heterocycles. The third-order valence-corrected chi connectivity index (χ3v) is 10.0. The van der Waals surface area contributed by atoms with E-state index in [0.717, 1.165) is 31.5 Å². The molecule has 1 saturated heterocycles. The Morgan fingerprint density at radius 3 is 2.36 bits per heavy atom. The average molecular weight is 618 g/mol. The molecule has 0 aromatic heterocycles. The Balaban J connectivity index is 1.53. The summed E-state index contributed by atoms with van der Waals surface area (Å²) in [6.07, 6.45) is 1.66. The number of carbonyl (C=O) groups excluding carboxylic acids is 1. The molecule has 7 nitrogen and oxygen atoms in total. The first-order valence-corrected chi connectivity index (χ1v) is 15.6. The van der Waals surface area contributed by atoms with Gasteiger partial charge in [0.05, 0.1) is 40.6 Å². The van der Waals surface area contributed by atoms with Crippen LogP contribution in [0.4, 0.5) is 4.39 Å². The lowest BCUT2D eigenvalue weighted by Crippen LogP contribution is -2.51. The van der Waals surface area contributed by atoms with Gasteiger partial charge in [-0.2, -0.15) is 5.26 Å². The number of halogens is 2. The Kier molecular flexibility index (Phi) is 8.29. The predicted octanol–water partition coefficient (Wildman–Crippen LogP) is 5.69. The lowest BCUT2D eigenvalue weighted by Gasteiger charge is -2.45. The summed E-state index contributed by atoms with van der Waals surface area (Å²) in [5, 5.41) is 32.0. The molecule has 1 saturated carbocycles. The van der Waals surface area contributed by atoms with Crippen molar-refractivity contribution in [3.63, 3.8) is 0 Å². The first kappa shape index (κ1) is 30.7. The molecule has 9 heteroatoms. The summed E-state index contributed by atoms with van der Waals surface area (Å²) in [6.45, 7) is 3.63. The van der Waals surface area contributed by atoms with Crippen LogP contribution in [0.15, 0.2) is 60.7 Å². The number of nitrogens with zero attached hydrogens (tertiary/aromatic N) is 3. The highest BCUT2D eigenvalue weighted by atomic mass is 35.5. The fourth-order valence-corrected chi connectivity index (χ4v) is 7.23. The summed E-state index contributed by atoms with van der Waals surface area (Å²) < 4.78 is 23.6. The Labute approximate surface area is 262 Å². The van der Waals surface area contributed by atoms with E-state index in [1.807, 2.05) is 6.92 Å². The highest BCUT2D eigenvalue weighted by Crippen LogP contribution is 2.51. The topological polar surface area (TPSA) is 97.0 Å². The second-order valence-electron chi connectivity index (χ2n) is 12.5. The summed E-state index contributed by atoms with van der Waals surface area (Å²) in [7, 11) is 2.05. The largest absolute Gasteiger partial charge is 0.393 e. The second kappa shape index (κ2) is 11.9. The van der Waals surface area contributed by atoms with E-state index in [2.05, 4.69) is 18.0 Å². The van der Waals surface area contributed by atoms with Crippen molar-refractivity contribution in [3.05, 3.63) is 105 Å². The van der Waals surface area contributed by atoms with Crippen LogP contribution in [0.3, 0.4) is 0 Å². The number of aliphatic hydroxyl groups is 2. The summed E-state index contributed by atoms with van der Waals surface area (Å²) in [4.78, 5) is 18.3. The van der Waals surface area contributed by atoms with E-state index < -0.39 is 35.3 Å². The molecule has 2 atom stereocenters. The summed E-state index contributed by atoms with van der Waals surface area (Å²) in [6, 6.07) is 18.9. The molecule has 2 fully saturated rings. The van der Waals surface area contributed by atoms with Crippen LogP contribution in [0, 0.1) is 23.1 Å². The number of carbonyl (C=O) groups is 1. The predicted molar refractivity (Wildman–Crippen MR) is 164 cm³/mol. The minimum Gasteiger partial charge on any atom is -0.393 e. The number of hydrogen-bond donors (Lipinski definition) is 2. The lowest BCUT2D eigenvalue weighted by atomic mass is 9.73. The summed E-state index contributed by atoms with van der Waals surface area (Å²) in [5.41, 5.74) is -0.598. The molecular weight excluding hydrogens is 581 g/mol. The molecule has 2 aliphatic heterocycles. The van der Waals surface area contributed by atoms with Crippen LogP contribution in [-0.2, 0) is 22.6 Å². The maximum atomic E-state index is 16.9. The molecule has 3 aliphatic rings. The number of aliphatic hydroxyl groups excluding tert-OH is 1. The zero-order valence-corrected chi connectivity index (χ0v) is 25.7. The van der Waals surface area contributed by atoms with Gasteiger partial charge in [0.1, 0.15) is 5.82 Å². The maximum Gasteiger partial charge on any atom is 0.257 e. The van der Waals surface area contributed by atoms with Gasteiger partial charge in [-0.15, -0.1) is 0 Å². The SMILES string of the molecule is CCC(O)(c1cc(F)c2c(c1)C(=O)N(Cc1ccc(C#N)cc1)C2(OC1CC(O)C1)c1ccc(Cl)cc1)C1CCN(C)CC1. The number of benzene rings is 3. The number of piperidine rings is 1. The number of ether oxygens (including phenoxy) is 1. The Bertz CT molecular complexity index is 1580. The Hall–Kier alpha value is -3.32. The fourth-order valence-electron chi connectivity index (χ4n) is 7.10. The number of rotatable bonds is 8. The van der Waals surface area contributed by atoms with Crippen LogP contribution in [0.2, 0.25) is 5.02 Å². The Morgan fingerprint density at radius 2 is 1.77 bits per heavy atom. The third-order valence-electron chi connectivity index (χ3n) is 9.78. The standard InChI is InChI=1S/C35H37ClFN3O4/c1-3-34(43,24-12-14-39(2)15-13-24)26-16-30-32(31(37)17-26)35(44-29-18-28(41)19-29,25-8-10-27(36)11-9-25)40(33(30)42)21-23-6-4-22(20-38)5-7-23/h4-11,16-17,24,28-29,41,43H,3,12-15,18-19,21H2,1-2H3. The van der Waals surface area contributed by atoms with Gasteiger partial charge in [-0.05, 0) is 106 Å². The van der Waals surface area contributed by atoms with Crippen LogP contribution in [0.25, 0.3) is 0 Å². The smallest absolute Gasteiger partial charge is 0.257 e. The zero-order valence-electron chi connectivity index (χ0n) is 25.0. The summed E-state index contributed by atoms with van der Waals surface area (Å²) in [5.74, 6) is -1.15. The van der Waals surface area contributed by atoms with Crippen LogP contribution < -0.4 is 0 Å². The van der Waals surface area contributed by atoms with E-state index >= 15 is 4.39 Å². The quantitative estimate of drug-likeness (QED) is 0.337. The van der Waals surface area contributed by atoms with Gasteiger partial charge in [-0.25, -0.2) is 4.39 Å². The van der Waals surface area contributed by atoms with Crippen LogP contribution in [0.5, 0.6) is 0 Å². The van der Waals surface area contributed by atoms with E-state index in [1.54, 1.807) is 54.6 Å². The van der Waals surface area contributed by atoms with E-state index in [-0.39, 0.29) is 23.6 Å². The van der Waals surface area contributed by atoms with Crippen LogP contribution in [-0.4, -0.2) is 58.3 Å². The van der Waals surface area contributed by atoms with Crippen molar-refractivity contribution in [1.82, 2.24) is 9.80 Å². The number of likely N-dealkylation sites (tertiary alicyclic amines) is 1. The van der Waals surface area contributed by atoms with Gasteiger partial charge in [0.25, 0.3) is 5.91 Å². The molecule has 230 valence electrons. The molecular formula is C35H37ClFN3O4. The molecule has 6 rings (SSSR count). The van der Waals surface area contributed by atoms with Crippen molar-refractivity contribution in [2.45, 2.75) is 69.1 Å². The Morgan fingerprint density at radius 1 is 1.11 bits per heavy atom. The van der Waals surface area contributed by atoms with Gasteiger partial charge in [-0.3, -0.25) is 9.69 Å². The van der Waals surface area contributed by atoms with E-state index in [1.165, 1.54) is 11.0 Å². The van der Waals surface area contributed by atoms with Gasteiger partial charge in [0, 0.05) is 17.1 Å². The van der Waals surface area contributed by atoms with Gasteiger partial charge < -0.3 is 19.8 Å². The lowest BCUT2D eigenvalue weighted by molar-refractivity contribution is -0.190. The second-order valence-corrected chi connectivity index (χ2v) is 12.9. The fraction of sp³-hybridized carbons (Fsp3) is 0.429. The third kappa shape index (κ3) is 5.21. The first-order valence-electron chi connectivity index (χ1n) is 15.3. The zero-order chi connectivity index (χ0) is 31.2. The molecule has 0 radical (unpaired) electrons.